The van der Waals surface area contributed by atoms with E-state index in [1.807, 2.05) is 0 Å². The molecule has 1 heterocycles. The summed E-state index contributed by atoms with van der Waals surface area (Å²) >= 11 is 0. The molecule has 3 fully saturated rings. The lowest BCUT2D eigenvalue weighted by Crippen LogP contribution is -2.39. The van der Waals surface area contributed by atoms with Gasteiger partial charge in [0.1, 0.15) is 6.10 Å². The molecule has 168 valence electrons. The Hall–Kier alpha value is -0.820. The molecule has 0 aromatic heterocycles. The minimum Gasteiger partial charge on any atom is -0.456 e. The van der Waals surface area contributed by atoms with E-state index in [1.165, 1.54) is 19.3 Å². The Bertz CT molecular complexity index is 501. The maximum Gasteiger partial charge on any atom is 0.490 e. The fourth-order valence-corrected chi connectivity index (χ4v) is 5.27. The van der Waals surface area contributed by atoms with Crippen molar-refractivity contribution in [1.82, 2.24) is 0 Å². The van der Waals surface area contributed by atoms with Gasteiger partial charge >= 0.3 is 12.1 Å². The van der Waals surface area contributed by atoms with E-state index in [-0.39, 0.29) is 6.29 Å². The van der Waals surface area contributed by atoms with Gasteiger partial charge < -0.3 is 14.2 Å². The molecule has 0 amide bonds. The van der Waals surface area contributed by atoms with Crippen molar-refractivity contribution >= 4 is 5.97 Å². The van der Waals surface area contributed by atoms with Gasteiger partial charge in [-0.05, 0) is 69.6 Å². The molecule has 0 spiro atoms. The number of alkyl halides is 3. The van der Waals surface area contributed by atoms with E-state index in [0.717, 1.165) is 51.7 Å². The Balaban J connectivity index is 1.34. The number of unbranched alkanes of at least 4 members (excludes halogenated alkanes) is 1. The van der Waals surface area contributed by atoms with E-state index in [2.05, 4.69) is 11.7 Å². The van der Waals surface area contributed by atoms with Gasteiger partial charge in [0.25, 0.3) is 0 Å². The summed E-state index contributed by atoms with van der Waals surface area (Å²) < 4.78 is 53.7. The molecule has 0 aromatic carbocycles. The third-order valence-electron chi connectivity index (χ3n) is 7.05. The first-order valence-corrected chi connectivity index (χ1v) is 11.4. The van der Waals surface area contributed by atoms with Crippen molar-refractivity contribution in [2.75, 3.05) is 13.2 Å². The van der Waals surface area contributed by atoms with E-state index < -0.39 is 18.2 Å². The SMILES string of the molecule is CCCCC1COC(C2CCC(C3CCC(OC(=O)C(F)(F)F)CC3)CC2)OC1. The number of esters is 1. The molecule has 0 atom stereocenters. The van der Waals surface area contributed by atoms with Crippen LogP contribution in [-0.4, -0.2) is 37.8 Å². The lowest BCUT2D eigenvalue weighted by molar-refractivity contribution is -0.230. The van der Waals surface area contributed by atoms with Gasteiger partial charge in [0.15, 0.2) is 6.29 Å². The lowest BCUT2D eigenvalue weighted by Gasteiger charge is -2.41. The van der Waals surface area contributed by atoms with Crippen molar-refractivity contribution in [3.63, 3.8) is 0 Å². The fourth-order valence-electron chi connectivity index (χ4n) is 5.27. The van der Waals surface area contributed by atoms with Gasteiger partial charge in [-0.2, -0.15) is 13.2 Å². The molecule has 4 nitrogen and oxygen atoms in total. The van der Waals surface area contributed by atoms with Crippen LogP contribution in [0, 0.1) is 23.7 Å². The van der Waals surface area contributed by atoms with Crippen LogP contribution in [0.15, 0.2) is 0 Å². The predicted octanol–water partition coefficient (Wildman–Crippen LogP) is 5.64. The summed E-state index contributed by atoms with van der Waals surface area (Å²) in [6, 6.07) is 0. The maximum atomic E-state index is 12.3. The predicted molar refractivity (Wildman–Crippen MR) is 102 cm³/mol. The second-order valence-electron chi connectivity index (χ2n) is 9.16. The fraction of sp³-hybridized carbons (Fsp3) is 0.955. The van der Waals surface area contributed by atoms with Crippen LogP contribution in [0.2, 0.25) is 0 Å². The van der Waals surface area contributed by atoms with Crippen molar-refractivity contribution in [3.05, 3.63) is 0 Å². The number of hydrogen-bond acceptors (Lipinski definition) is 4. The highest BCUT2D eigenvalue weighted by atomic mass is 19.4. The second kappa shape index (κ2) is 10.5. The Morgan fingerprint density at radius 2 is 1.41 bits per heavy atom. The number of halogens is 3. The topological polar surface area (TPSA) is 44.8 Å². The summed E-state index contributed by atoms with van der Waals surface area (Å²) in [6.07, 6.45) is 5.30. The number of carbonyl (C=O) groups is 1. The summed E-state index contributed by atoms with van der Waals surface area (Å²) in [6.45, 7) is 3.82. The van der Waals surface area contributed by atoms with Crippen molar-refractivity contribution in [2.24, 2.45) is 23.7 Å². The van der Waals surface area contributed by atoms with E-state index >= 15 is 0 Å². The van der Waals surface area contributed by atoms with Gasteiger partial charge in [-0.1, -0.05) is 19.8 Å². The normalized spacial score (nSPS) is 36.6. The van der Waals surface area contributed by atoms with E-state index in [4.69, 9.17) is 9.47 Å². The zero-order valence-electron chi connectivity index (χ0n) is 17.4. The third kappa shape index (κ3) is 6.58. The average molecular weight is 421 g/mol. The molecule has 2 saturated carbocycles. The Kier molecular flexibility index (Phi) is 8.25. The lowest BCUT2D eigenvalue weighted by atomic mass is 9.70. The van der Waals surface area contributed by atoms with Gasteiger partial charge in [0, 0.05) is 11.8 Å². The average Bonchev–Trinajstić information content (AvgIpc) is 2.73. The molecular weight excluding hydrogens is 385 g/mol. The molecule has 0 radical (unpaired) electrons. The Morgan fingerprint density at radius 3 is 1.93 bits per heavy atom. The van der Waals surface area contributed by atoms with E-state index in [9.17, 15) is 18.0 Å². The van der Waals surface area contributed by atoms with E-state index in [1.54, 1.807) is 0 Å². The van der Waals surface area contributed by atoms with Gasteiger partial charge in [-0.15, -0.1) is 0 Å². The quantitative estimate of drug-likeness (QED) is 0.522. The molecule has 3 aliphatic rings. The van der Waals surface area contributed by atoms with Gasteiger partial charge in [-0.25, -0.2) is 4.79 Å². The smallest absolute Gasteiger partial charge is 0.456 e. The Labute approximate surface area is 171 Å². The zero-order chi connectivity index (χ0) is 20.9. The van der Waals surface area contributed by atoms with Gasteiger partial charge in [0.05, 0.1) is 13.2 Å². The van der Waals surface area contributed by atoms with Crippen LogP contribution in [-0.2, 0) is 19.0 Å². The minimum absolute atomic E-state index is 0.0636. The van der Waals surface area contributed by atoms with Crippen LogP contribution in [0.1, 0.15) is 77.6 Å². The van der Waals surface area contributed by atoms with Crippen LogP contribution < -0.4 is 0 Å². The molecule has 7 heteroatoms. The number of ether oxygens (including phenoxy) is 3. The first-order chi connectivity index (χ1) is 13.9. The number of rotatable bonds is 6. The van der Waals surface area contributed by atoms with Gasteiger partial charge in [-0.3, -0.25) is 0 Å². The minimum atomic E-state index is -4.89. The first kappa shape index (κ1) is 22.9. The highest BCUT2D eigenvalue weighted by molar-refractivity contribution is 5.75. The highest BCUT2D eigenvalue weighted by Crippen LogP contribution is 2.42. The Morgan fingerprint density at radius 1 is 0.897 bits per heavy atom. The molecule has 2 aliphatic carbocycles. The van der Waals surface area contributed by atoms with Crippen LogP contribution in [0.3, 0.4) is 0 Å². The molecular formula is C22H35F3O4. The number of carbonyl (C=O) groups excluding carboxylic acids is 1. The van der Waals surface area contributed by atoms with Crippen molar-refractivity contribution < 1.29 is 32.2 Å². The first-order valence-electron chi connectivity index (χ1n) is 11.4. The van der Waals surface area contributed by atoms with Crippen LogP contribution >= 0.6 is 0 Å². The van der Waals surface area contributed by atoms with Gasteiger partial charge in [0.2, 0.25) is 0 Å². The second-order valence-corrected chi connectivity index (χ2v) is 9.16. The molecule has 1 aliphatic heterocycles. The molecule has 0 N–H and O–H groups in total. The summed E-state index contributed by atoms with van der Waals surface area (Å²) in [7, 11) is 0. The summed E-state index contributed by atoms with van der Waals surface area (Å²) in [5, 5.41) is 0. The molecule has 0 unspecified atom stereocenters. The summed E-state index contributed by atoms with van der Waals surface area (Å²) in [4.78, 5) is 11.0. The molecule has 3 rings (SSSR count). The van der Waals surface area contributed by atoms with Crippen LogP contribution in [0.4, 0.5) is 13.2 Å². The summed E-state index contributed by atoms with van der Waals surface area (Å²) in [5.41, 5.74) is 0. The van der Waals surface area contributed by atoms with Crippen LogP contribution in [0.5, 0.6) is 0 Å². The van der Waals surface area contributed by atoms with Crippen LogP contribution in [0.25, 0.3) is 0 Å². The molecule has 29 heavy (non-hydrogen) atoms. The van der Waals surface area contributed by atoms with Crippen molar-refractivity contribution in [3.8, 4) is 0 Å². The summed E-state index contributed by atoms with van der Waals surface area (Å²) in [5.74, 6) is 0.0901. The van der Waals surface area contributed by atoms with Crippen molar-refractivity contribution in [2.45, 2.75) is 96.1 Å². The van der Waals surface area contributed by atoms with E-state index in [0.29, 0.717) is 36.5 Å². The molecule has 0 aromatic rings. The molecule has 0 bridgehead atoms. The standard InChI is InChI=1S/C22H35F3O4/c1-2-3-4-15-13-27-20(28-14-15)18-7-5-16(6-8-18)17-9-11-19(12-10-17)29-21(26)22(23,24)25/h15-20H,2-14H2,1H3. The maximum absolute atomic E-state index is 12.3. The third-order valence-corrected chi connectivity index (χ3v) is 7.05. The van der Waals surface area contributed by atoms with Crippen molar-refractivity contribution in [1.29, 1.82) is 0 Å². The highest BCUT2D eigenvalue weighted by Gasteiger charge is 2.43. The molecule has 1 saturated heterocycles. The zero-order valence-corrected chi connectivity index (χ0v) is 17.4. The monoisotopic (exact) mass is 420 g/mol. The largest absolute Gasteiger partial charge is 0.490 e. The number of hydrogen-bond donors (Lipinski definition) is 0.